The van der Waals surface area contributed by atoms with Crippen LogP contribution in [-0.4, -0.2) is 71.3 Å². The van der Waals surface area contributed by atoms with E-state index in [0.717, 1.165) is 69.9 Å². The number of carbonyl (C=O) groups excluding carboxylic acids is 2. The van der Waals surface area contributed by atoms with Crippen molar-refractivity contribution in [2.75, 3.05) is 40.0 Å². The van der Waals surface area contributed by atoms with E-state index in [1.54, 1.807) is 7.11 Å². The van der Waals surface area contributed by atoms with E-state index in [1.165, 1.54) is 17.0 Å². The topological polar surface area (TPSA) is 123 Å². The lowest BCUT2D eigenvalue weighted by molar-refractivity contribution is -0.127. The molecule has 58 heavy (non-hydrogen) atoms. The van der Waals surface area contributed by atoms with Crippen LogP contribution in [0.15, 0.2) is 126 Å². The highest BCUT2D eigenvalue weighted by Crippen LogP contribution is 2.50. The molecule has 1 aliphatic carbocycles. The van der Waals surface area contributed by atoms with Crippen molar-refractivity contribution in [1.82, 2.24) is 14.9 Å². The largest absolute Gasteiger partial charge is 0.457 e. The van der Waals surface area contributed by atoms with Gasteiger partial charge in [0, 0.05) is 61.9 Å². The molecule has 1 saturated heterocycles. The van der Waals surface area contributed by atoms with Gasteiger partial charge < -0.3 is 24.4 Å². The van der Waals surface area contributed by atoms with Gasteiger partial charge in [-0.2, -0.15) is 0 Å². The molecular weight excluding hydrogens is 758 g/mol. The highest BCUT2D eigenvalue weighted by atomic mass is 32.2. The normalized spacial score (nSPS) is 17.9. The lowest BCUT2D eigenvalue weighted by atomic mass is 9.69. The van der Waals surface area contributed by atoms with Gasteiger partial charge in [-0.25, -0.2) is 22.3 Å². The van der Waals surface area contributed by atoms with Crippen LogP contribution in [0, 0.1) is 11.7 Å². The Balaban J connectivity index is 1.05. The van der Waals surface area contributed by atoms with E-state index in [4.69, 9.17) is 14.2 Å². The molecule has 2 aliphatic heterocycles. The van der Waals surface area contributed by atoms with Gasteiger partial charge in [0.1, 0.15) is 23.9 Å². The maximum absolute atomic E-state index is 14.5. The van der Waals surface area contributed by atoms with Crippen LogP contribution < -0.4 is 14.8 Å². The highest BCUT2D eigenvalue weighted by Gasteiger charge is 2.43. The molecule has 12 heteroatoms. The van der Waals surface area contributed by atoms with Gasteiger partial charge >= 0.3 is 6.09 Å². The highest BCUT2D eigenvalue weighted by molar-refractivity contribution is 7.89. The number of sulfonamides is 1. The summed E-state index contributed by atoms with van der Waals surface area (Å²) >= 11 is 0. The number of fused-ring (bicyclic) bond motifs is 5. The second-order valence-corrected chi connectivity index (χ2v) is 17.0. The molecule has 0 bridgehead atoms. The maximum atomic E-state index is 14.5. The zero-order valence-corrected chi connectivity index (χ0v) is 33.1. The molecule has 2 N–H and O–H groups in total. The molecule has 0 spiro atoms. The molecule has 0 radical (unpaired) electrons. The number of rotatable bonds is 13. The predicted octanol–water partition coefficient (Wildman–Crippen LogP) is 7.77. The molecule has 5 aromatic rings. The minimum absolute atomic E-state index is 0.0222. The van der Waals surface area contributed by atoms with Crippen LogP contribution in [0.3, 0.4) is 0 Å². The van der Waals surface area contributed by atoms with Crippen molar-refractivity contribution >= 4 is 22.0 Å². The molecule has 0 saturated carbocycles. The number of methoxy groups -OCH3 is 1. The van der Waals surface area contributed by atoms with Gasteiger partial charge in [-0.15, -0.1) is 0 Å². The average Bonchev–Trinajstić information content (AvgIpc) is 3.56. The van der Waals surface area contributed by atoms with Gasteiger partial charge in [-0.3, -0.25) is 4.79 Å². The number of benzene rings is 5. The first-order valence-corrected chi connectivity index (χ1v) is 21.2. The quantitative estimate of drug-likeness (QED) is 0.117. The number of carbonyl (C=O) groups is 2. The van der Waals surface area contributed by atoms with Crippen LogP contribution in [-0.2, 0) is 29.7 Å². The Morgan fingerprint density at radius 2 is 1.41 bits per heavy atom. The van der Waals surface area contributed by atoms with Gasteiger partial charge in [0.15, 0.2) is 0 Å². The average molecular weight is 804 g/mol. The van der Waals surface area contributed by atoms with Crippen LogP contribution in [0.25, 0.3) is 11.1 Å². The van der Waals surface area contributed by atoms with E-state index in [1.807, 2.05) is 84.9 Å². The number of amides is 2. The van der Waals surface area contributed by atoms with E-state index >= 15 is 0 Å². The van der Waals surface area contributed by atoms with E-state index in [-0.39, 0.29) is 49.4 Å². The van der Waals surface area contributed by atoms with Crippen LogP contribution in [0.1, 0.15) is 53.9 Å². The summed E-state index contributed by atoms with van der Waals surface area (Å²) in [5, 5.41) is 3.24. The number of para-hydroxylation sites is 2. The van der Waals surface area contributed by atoms with Gasteiger partial charge in [0.25, 0.3) is 0 Å². The monoisotopic (exact) mass is 803 g/mol. The predicted molar refractivity (Wildman–Crippen MR) is 218 cm³/mol. The summed E-state index contributed by atoms with van der Waals surface area (Å²) in [5.74, 6) is -0.418. The zero-order valence-electron chi connectivity index (χ0n) is 32.2. The van der Waals surface area contributed by atoms with Gasteiger partial charge in [0.05, 0.1) is 10.8 Å². The molecule has 3 aliphatic rings. The van der Waals surface area contributed by atoms with Crippen molar-refractivity contribution in [2.24, 2.45) is 5.92 Å². The number of nitrogens with zero attached hydrogens (tertiary/aromatic N) is 1. The third kappa shape index (κ3) is 7.84. The number of unbranched alkanes of at least 4 members (excludes halogenated alkanes) is 1. The molecule has 300 valence electrons. The maximum Gasteiger partial charge on any atom is 0.409 e. The number of nitrogens with one attached hydrogen (secondary N) is 2. The van der Waals surface area contributed by atoms with Crippen molar-refractivity contribution in [2.45, 2.75) is 48.0 Å². The Bertz CT molecular complexity index is 2320. The smallest absolute Gasteiger partial charge is 0.409 e. The van der Waals surface area contributed by atoms with Crippen LogP contribution in [0.2, 0.25) is 0 Å². The summed E-state index contributed by atoms with van der Waals surface area (Å²) in [4.78, 5) is 29.7. The van der Waals surface area contributed by atoms with Crippen LogP contribution >= 0.6 is 0 Å². The molecule has 2 heterocycles. The summed E-state index contributed by atoms with van der Waals surface area (Å²) in [7, 11) is -2.46. The van der Waals surface area contributed by atoms with E-state index in [0.29, 0.717) is 13.0 Å². The third-order valence-electron chi connectivity index (χ3n) is 11.7. The fourth-order valence-electron chi connectivity index (χ4n) is 8.88. The van der Waals surface area contributed by atoms with E-state index < -0.39 is 39.3 Å². The Morgan fingerprint density at radius 1 is 0.810 bits per heavy atom. The molecule has 8 rings (SSSR count). The number of ether oxygens (including phenoxy) is 3. The van der Waals surface area contributed by atoms with Crippen LogP contribution in [0.5, 0.6) is 11.5 Å². The molecule has 0 aromatic heterocycles. The number of piperidine rings is 1. The molecule has 10 nitrogen and oxygen atoms in total. The number of hydrogen-bond acceptors (Lipinski definition) is 7. The molecular formula is C46H46FN3O7S. The molecule has 2 atom stereocenters. The number of hydrogen-bond donors (Lipinski definition) is 2. The third-order valence-corrected chi connectivity index (χ3v) is 13.2. The van der Waals surface area contributed by atoms with Gasteiger partial charge in [-0.1, -0.05) is 84.9 Å². The summed E-state index contributed by atoms with van der Waals surface area (Å²) in [6.45, 7) is 0.907. The summed E-state index contributed by atoms with van der Waals surface area (Å²) in [6.07, 6.45) is 1.82. The Kier molecular flexibility index (Phi) is 11.3. The first-order chi connectivity index (χ1) is 28.2. The molecule has 1 fully saturated rings. The van der Waals surface area contributed by atoms with E-state index in [9.17, 15) is 22.4 Å². The fourth-order valence-corrected chi connectivity index (χ4v) is 10.1. The van der Waals surface area contributed by atoms with Gasteiger partial charge in [0.2, 0.25) is 15.9 Å². The van der Waals surface area contributed by atoms with E-state index in [2.05, 4.69) is 22.2 Å². The van der Waals surface area contributed by atoms with Crippen molar-refractivity contribution in [3.8, 4) is 22.6 Å². The first-order valence-electron chi connectivity index (χ1n) is 19.7. The second-order valence-electron chi connectivity index (χ2n) is 15.3. The first kappa shape index (κ1) is 39.3. The molecule has 5 aromatic carbocycles. The number of halogens is 1. The lowest BCUT2D eigenvalue weighted by Gasteiger charge is -2.41. The molecule has 0 unspecified atom stereocenters. The summed E-state index contributed by atoms with van der Waals surface area (Å²) in [5.41, 5.74) is 5.58. The minimum atomic E-state index is -4.14. The van der Waals surface area contributed by atoms with Crippen molar-refractivity contribution in [3.63, 3.8) is 0 Å². The Hall–Kier alpha value is -5.56. The van der Waals surface area contributed by atoms with Crippen molar-refractivity contribution in [3.05, 3.63) is 149 Å². The molecule has 2 amide bonds. The zero-order chi connectivity index (χ0) is 40.3. The second kappa shape index (κ2) is 16.7. The Labute approximate surface area is 338 Å². The summed E-state index contributed by atoms with van der Waals surface area (Å²) in [6, 6.07) is 35.5. The standard InChI is InChI=1S/C46H46FN3O7S/c1-55-25-11-10-24-46(40-16-6-8-18-42(40)57-43-19-9-7-17-41(43)46)30-48-44(51)31-26-33(49-58(53,54)34-22-20-32(47)21-23-34)28-50(27-31)45(52)56-29-39-37-14-4-2-12-35(37)36-13-3-5-15-38(36)39/h2-9,12-23,31,33,39,49H,10-11,24-30H2,1H3,(H,48,51)/t31-,33+/m0/s1. The SMILES string of the molecule is COCCCCC1(CNC(=O)[C@H]2C[C@@H](NS(=O)(=O)c3ccc(F)cc3)CN(C(=O)OCC3c4ccccc4-c4ccccc43)C2)c2ccccc2Oc2ccccc21. The fraction of sp³-hybridized carbons (Fsp3) is 0.304. The van der Waals surface area contributed by atoms with Crippen LogP contribution in [0.4, 0.5) is 9.18 Å². The number of likely N-dealkylation sites (tertiary alicyclic amines) is 1. The van der Waals surface area contributed by atoms with Crippen molar-refractivity contribution in [1.29, 1.82) is 0 Å². The summed E-state index contributed by atoms with van der Waals surface area (Å²) < 4.78 is 61.3. The lowest BCUT2D eigenvalue weighted by Crippen LogP contribution is -2.56. The Morgan fingerprint density at radius 3 is 2.05 bits per heavy atom. The van der Waals surface area contributed by atoms with Crippen molar-refractivity contribution < 1.29 is 36.6 Å². The van der Waals surface area contributed by atoms with Gasteiger partial charge in [-0.05, 0) is 84.3 Å². The minimum Gasteiger partial charge on any atom is -0.457 e.